The van der Waals surface area contributed by atoms with Crippen LogP contribution in [0.5, 0.6) is 0 Å². The first-order valence-corrected chi connectivity index (χ1v) is 7.76. The normalized spacial score (nSPS) is 11.0. The van der Waals surface area contributed by atoms with Crippen LogP contribution in [0.3, 0.4) is 0 Å². The fourth-order valence-electron chi connectivity index (χ4n) is 2.14. The Kier molecular flexibility index (Phi) is 6.31. The van der Waals surface area contributed by atoms with Gasteiger partial charge in [0.05, 0.1) is 12.8 Å². The van der Waals surface area contributed by atoms with Crippen LogP contribution in [0.1, 0.15) is 18.1 Å². The molecule has 0 aliphatic heterocycles. The van der Waals surface area contributed by atoms with E-state index in [2.05, 4.69) is 38.6 Å². The first kappa shape index (κ1) is 17.2. The van der Waals surface area contributed by atoms with E-state index in [9.17, 15) is 0 Å². The number of likely N-dealkylation sites (N-methyl/N-ethyl adjacent to an activating group) is 1. The second kappa shape index (κ2) is 8.45. The third-order valence-electron chi connectivity index (χ3n) is 3.38. The van der Waals surface area contributed by atoms with Crippen LogP contribution in [0.4, 0.5) is 11.5 Å². The van der Waals surface area contributed by atoms with Crippen LogP contribution in [0.25, 0.3) is 0 Å². The average molecular weight is 334 g/mol. The van der Waals surface area contributed by atoms with Crippen LogP contribution in [0, 0.1) is 6.92 Å². The lowest BCUT2D eigenvalue weighted by Crippen LogP contribution is -2.26. The van der Waals surface area contributed by atoms with Gasteiger partial charge in [0.15, 0.2) is 11.0 Å². The minimum absolute atomic E-state index is 0.141. The molecule has 0 aliphatic rings. The Morgan fingerprint density at radius 3 is 2.74 bits per heavy atom. The van der Waals surface area contributed by atoms with Crippen LogP contribution in [-0.4, -0.2) is 41.2 Å². The fourth-order valence-corrected chi connectivity index (χ4v) is 2.24. The van der Waals surface area contributed by atoms with E-state index in [1.165, 1.54) is 0 Å². The summed E-state index contributed by atoms with van der Waals surface area (Å²) in [6.45, 7) is 5.71. The molecule has 0 fully saturated rings. The molecule has 0 saturated heterocycles. The average Bonchev–Trinajstić information content (AvgIpc) is 2.56. The Morgan fingerprint density at radius 1 is 1.30 bits per heavy atom. The molecule has 0 amide bonds. The number of aliphatic hydroxyl groups is 1. The van der Waals surface area contributed by atoms with E-state index in [1.807, 2.05) is 19.1 Å². The molecule has 0 spiro atoms. The maximum Gasteiger partial charge on any atom is 0.168 e. The number of aliphatic hydroxyl groups excluding tert-OH is 1. The number of rotatable bonds is 7. The van der Waals surface area contributed by atoms with Crippen molar-refractivity contribution < 1.29 is 5.11 Å². The number of nitrogens with zero attached hydrogens (tertiary/aromatic N) is 4. The van der Waals surface area contributed by atoms with Crippen molar-refractivity contribution in [1.29, 1.82) is 0 Å². The van der Waals surface area contributed by atoms with Gasteiger partial charge in [-0.3, -0.25) is 5.43 Å². The molecule has 7 heteroatoms. The van der Waals surface area contributed by atoms with Crippen LogP contribution >= 0.6 is 11.6 Å². The van der Waals surface area contributed by atoms with Gasteiger partial charge in [0.1, 0.15) is 0 Å². The van der Waals surface area contributed by atoms with Crippen molar-refractivity contribution in [3.63, 3.8) is 0 Å². The van der Waals surface area contributed by atoms with Gasteiger partial charge in [0, 0.05) is 18.8 Å². The molecule has 0 bridgehead atoms. The smallest absolute Gasteiger partial charge is 0.168 e. The second-order valence-electron chi connectivity index (χ2n) is 4.96. The highest BCUT2D eigenvalue weighted by Crippen LogP contribution is 2.18. The zero-order valence-corrected chi connectivity index (χ0v) is 14.0. The van der Waals surface area contributed by atoms with Crippen molar-refractivity contribution >= 4 is 29.3 Å². The van der Waals surface area contributed by atoms with Crippen LogP contribution in [0.15, 0.2) is 35.4 Å². The molecule has 0 atom stereocenters. The third-order valence-corrected chi connectivity index (χ3v) is 3.59. The predicted octanol–water partition coefficient (Wildman–Crippen LogP) is 2.70. The summed E-state index contributed by atoms with van der Waals surface area (Å²) in [6, 6.07) is 9.46. The topological polar surface area (TPSA) is 73.6 Å². The molecular formula is C16H20ClN5O. The minimum atomic E-state index is 0.141. The van der Waals surface area contributed by atoms with Crippen LogP contribution in [0.2, 0.25) is 5.15 Å². The van der Waals surface area contributed by atoms with Gasteiger partial charge in [-0.1, -0.05) is 17.7 Å². The van der Waals surface area contributed by atoms with Crippen molar-refractivity contribution in [3.8, 4) is 0 Å². The van der Waals surface area contributed by atoms with E-state index < -0.39 is 0 Å². The first-order valence-electron chi connectivity index (χ1n) is 7.38. The highest BCUT2D eigenvalue weighted by Gasteiger charge is 2.05. The zero-order chi connectivity index (χ0) is 16.7. The largest absolute Gasteiger partial charge is 0.395 e. The number of aryl methyl sites for hydroxylation is 1. The lowest BCUT2D eigenvalue weighted by Gasteiger charge is -2.22. The van der Waals surface area contributed by atoms with Crippen molar-refractivity contribution in [2.45, 2.75) is 13.8 Å². The standard InChI is InChI=1S/C16H20ClN5O/c1-3-22(8-9-23)14-5-4-13(12(2)10-14)11-18-20-16-7-6-15(17)19-21-16/h4-7,10-11,23H,3,8-9H2,1-2H3,(H,20,21)/b18-11-. The highest BCUT2D eigenvalue weighted by molar-refractivity contribution is 6.29. The summed E-state index contributed by atoms with van der Waals surface area (Å²) in [7, 11) is 0. The van der Waals surface area contributed by atoms with Crippen molar-refractivity contribution in [2.24, 2.45) is 5.10 Å². The summed E-state index contributed by atoms with van der Waals surface area (Å²) >= 11 is 5.68. The summed E-state index contributed by atoms with van der Waals surface area (Å²) in [5.41, 5.74) is 6.01. The molecule has 23 heavy (non-hydrogen) atoms. The summed E-state index contributed by atoms with van der Waals surface area (Å²) < 4.78 is 0. The molecule has 2 aromatic rings. The van der Waals surface area contributed by atoms with Gasteiger partial charge in [0.25, 0.3) is 0 Å². The lowest BCUT2D eigenvalue weighted by molar-refractivity contribution is 0.302. The molecule has 122 valence electrons. The minimum Gasteiger partial charge on any atom is -0.395 e. The van der Waals surface area contributed by atoms with Gasteiger partial charge in [-0.25, -0.2) is 0 Å². The van der Waals surface area contributed by atoms with E-state index in [1.54, 1.807) is 18.3 Å². The second-order valence-corrected chi connectivity index (χ2v) is 5.34. The van der Waals surface area contributed by atoms with Gasteiger partial charge in [0.2, 0.25) is 0 Å². The maximum absolute atomic E-state index is 9.10. The number of aromatic nitrogens is 2. The summed E-state index contributed by atoms with van der Waals surface area (Å²) in [5, 5.41) is 21.2. The number of benzene rings is 1. The molecule has 6 nitrogen and oxygen atoms in total. The number of hydrogen-bond donors (Lipinski definition) is 2. The Balaban J connectivity index is 2.05. The van der Waals surface area contributed by atoms with Gasteiger partial charge >= 0.3 is 0 Å². The lowest BCUT2D eigenvalue weighted by atomic mass is 10.1. The Labute approximate surface area is 140 Å². The molecule has 1 heterocycles. The molecule has 0 saturated carbocycles. The van der Waals surface area contributed by atoms with Gasteiger partial charge in [-0.2, -0.15) is 5.10 Å². The van der Waals surface area contributed by atoms with Crippen LogP contribution < -0.4 is 10.3 Å². The molecule has 2 N–H and O–H groups in total. The number of hydrazone groups is 1. The van der Waals surface area contributed by atoms with Gasteiger partial charge < -0.3 is 10.0 Å². The third kappa shape index (κ3) is 4.91. The van der Waals surface area contributed by atoms with E-state index in [0.717, 1.165) is 23.4 Å². The Morgan fingerprint density at radius 2 is 2.13 bits per heavy atom. The molecule has 0 unspecified atom stereocenters. The van der Waals surface area contributed by atoms with Crippen molar-refractivity contribution in [1.82, 2.24) is 10.2 Å². The van der Waals surface area contributed by atoms with Gasteiger partial charge in [-0.05, 0) is 49.2 Å². The Bertz CT molecular complexity index is 660. The molecule has 1 aromatic carbocycles. The van der Waals surface area contributed by atoms with Crippen molar-refractivity contribution in [3.05, 3.63) is 46.6 Å². The SMILES string of the molecule is CCN(CCO)c1ccc(/C=N\Nc2ccc(Cl)nn2)c(C)c1. The first-order chi connectivity index (χ1) is 11.1. The Hall–Kier alpha value is -2.18. The van der Waals surface area contributed by atoms with Crippen LogP contribution in [-0.2, 0) is 0 Å². The molecular weight excluding hydrogens is 314 g/mol. The monoisotopic (exact) mass is 333 g/mol. The van der Waals surface area contributed by atoms with Gasteiger partial charge in [-0.15, -0.1) is 10.2 Å². The zero-order valence-electron chi connectivity index (χ0n) is 13.2. The summed E-state index contributed by atoms with van der Waals surface area (Å²) in [6.07, 6.45) is 1.73. The summed E-state index contributed by atoms with van der Waals surface area (Å²) in [5.74, 6) is 0.528. The number of halogens is 1. The maximum atomic E-state index is 9.10. The molecule has 2 rings (SSSR count). The highest BCUT2D eigenvalue weighted by atomic mass is 35.5. The van der Waals surface area contributed by atoms with E-state index in [4.69, 9.17) is 16.7 Å². The number of nitrogens with one attached hydrogen (secondary N) is 1. The fraction of sp³-hybridized carbons (Fsp3) is 0.312. The van der Waals surface area contributed by atoms with Crippen molar-refractivity contribution in [2.75, 3.05) is 30.0 Å². The number of hydrogen-bond acceptors (Lipinski definition) is 6. The van der Waals surface area contributed by atoms with E-state index in [0.29, 0.717) is 17.5 Å². The molecule has 0 aliphatic carbocycles. The number of anilines is 2. The molecule has 1 aromatic heterocycles. The molecule has 0 radical (unpaired) electrons. The predicted molar refractivity (Wildman–Crippen MR) is 94.4 cm³/mol. The quantitative estimate of drug-likeness (QED) is 0.602. The van der Waals surface area contributed by atoms with E-state index in [-0.39, 0.29) is 6.61 Å². The van der Waals surface area contributed by atoms with E-state index >= 15 is 0 Å². The summed E-state index contributed by atoms with van der Waals surface area (Å²) in [4.78, 5) is 2.12.